The van der Waals surface area contributed by atoms with E-state index in [0.717, 1.165) is 74.4 Å². The average molecular weight is 509 g/mol. The van der Waals surface area contributed by atoms with Gasteiger partial charge in [-0.2, -0.15) is 5.10 Å². The molecule has 7 rings (SSSR count). The van der Waals surface area contributed by atoms with Crippen molar-refractivity contribution in [3.63, 3.8) is 0 Å². The molecule has 0 radical (unpaired) electrons. The van der Waals surface area contributed by atoms with E-state index >= 15 is 0 Å². The van der Waals surface area contributed by atoms with Crippen LogP contribution in [0.25, 0.3) is 55.7 Å². The molecule has 0 amide bonds. The second kappa shape index (κ2) is 9.92. The SMILES string of the molecule is c1ccc(CNCc2cncc(-c3cc4c(-c5cc6c(-c7ccncc7)ccnc6[nH]5)n[nH]c4cn3)c2)cc1. The third kappa shape index (κ3) is 4.54. The Bertz CT molecular complexity index is 1890. The molecule has 0 atom stereocenters. The van der Waals surface area contributed by atoms with Crippen molar-refractivity contribution in [2.75, 3.05) is 0 Å². The van der Waals surface area contributed by atoms with Crippen LogP contribution in [0.2, 0.25) is 0 Å². The molecule has 8 nitrogen and oxygen atoms in total. The van der Waals surface area contributed by atoms with Crippen LogP contribution in [0.1, 0.15) is 11.1 Å². The molecule has 0 aliphatic rings. The van der Waals surface area contributed by atoms with Crippen LogP contribution in [0.5, 0.6) is 0 Å². The van der Waals surface area contributed by atoms with Gasteiger partial charge in [-0.1, -0.05) is 30.3 Å². The summed E-state index contributed by atoms with van der Waals surface area (Å²) in [6.07, 6.45) is 11.0. The first-order chi connectivity index (χ1) is 19.3. The fourth-order valence-corrected chi connectivity index (χ4v) is 4.89. The van der Waals surface area contributed by atoms with Crippen molar-refractivity contribution in [3.8, 4) is 33.8 Å². The number of hydrogen-bond acceptors (Lipinski definition) is 6. The quantitative estimate of drug-likeness (QED) is 0.247. The molecular formula is C31H24N8. The molecule has 6 heterocycles. The van der Waals surface area contributed by atoms with E-state index in [0.29, 0.717) is 0 Å². The van der Waals surface area contributed by atoms with E-state index in [1.54, 1.807) is 12.4 Å². The molecule has 0 spiro atoms. The maximum atomic E-state index is 4.69. The largest absolute Gasteiger partial charge is 0.338 e. The normalized spacial score (nSPS) is 11.4. The van der Waals surface area contributed by atoms with Gasteiger partial charge in [0.1, 0.15) is 11.3 Å². The van der Waals surface area contributed by atoms with Gasteiger partial charge in [-0.15, -0.1) is 0 Å². The molecular weight excluding hydrogens is 484 g/mol. The molecule has 0 aliphatic heterocycles. The maximum Gasteiger partial charge on any atom is 0.138 e. The predicted molar refractivity (Wildman–Crippen MR) is 152 cm³/mol. The van der Waals surface area contributed by atoms with E-state index in [2.05, 4.69) is 82.9 Å². The van der Waals surface area contributed by atoms with Gasteiger partial charge < -0.3 is 10.3 Å². The highest BCUT2D eigenvalue weighted by Crippen LogP contribution is 2.33. The van der Waals surface area contributed by atoms with Crippen molar-refractivity contribution in [3.05, 3.63) is 115 Å². The van der Waals surface area contributed by atoms with Crippen LogP contribution in [0, 0.1) is 0 Å². The van der Waals surface area contributed by atoms with Crippen molar-refractivity contribution in [2.45, 2.75) is 13.1 Å². The zero-order valence-electron chi connectivity index (χ0n) is 21.0. The number of benzene rings is 1. The summed E-state index contributed by atoms with van der Waals surface area (Å²) >= 11 is 0. The highest BCUT2D eigenvalue weighted by Gasteiger charge is 2.15. The molecule has 6 aromatic heterocycles. The lowest BCUT2D eigenvalue weighted by molar-refractivity contribution is 0.691. The van der Waals surface area contributed by atoms with Gasteiger partial charge in [0.15, 0.2) is 0 Å². The minimum atomic E-state index is 0.719. The Labute approximate surface area is 224 Å². The van der Waals surface area contributed by atoms with E-state index in [4.69, 9.17) is 0 Å². The van der Waals surface area contributed by atoms with Crippen LogP contribution in [0.15, 0.2) is 104 Å². The van der Waals surface area contributed by atoms with E-state index < -0.39 is 0 Å². The van der Waals surface area contributed by atoms with Crippen molar-refractivity contribution < 1.29 is 0 Å². The average Bonchev–Trinajstić information content (AvgIpc) is 3.62. The van der Waals surface area contributed by atoms with Crippen molar-refractivity contribution in [1.82, 2.24) is 40.4 Å². The predicted octanol–water partition coefficient (Wildman–Crippen LogP) is 5.92. The van der Waals surface area contributed by atoms with E-state index in [-0.39, 0.29) is 0 Å². The number of nitrogens with one attached hydrogen (secondary N) is 3. The Morgan fingerprint density at radius 1 is 0.692 bits per heavy atom. The smallest absolute Gasteiger partial charge is 0.138 e. The first-order valence-corrected chi connectivity index (χ1v) is 12.7. The number of aromatic nitrogens is 7. The number of nitrogens with zero attached hydrogens (tertiary/aromatic N) is 5. The Kier molecular flexibility index (Phi) is 5.84. The minimum Gasteiger partial charge on any atom is -0.338 e. The lowest BCUT2D eigenvalue weighted by atomic mass is 10.0. The number of pyridine rings is 4. The lowest BCUT2D eigenvalue weighted by Gasteiger charge is -2.07. The fourth-order valence-electron chi connectivity index (χ4n) is 4.89. The van der Waals surface area contributed by atoms with E-state index in [9.17, 15) is 0 Å². The summed E-state index contributed by atoms with van der Waals surface area (Å²) in [6, 6.07) is 22.7. The molecule has 188 valence electrons. The van der Waals surface area contributed by atoms with Gasteiger partial charge in [-0.05, 0) is 58.7 Å². The Morgan fingerprint density at radius 2 is 1.56 bits per heavy atom. The molecule has 0 bridgehead atoms. The van der Waals surface area contributed by atoms with Crippen LogP contribution in [-0.4, -0.2) is 35.1 Å². The van der Waals surface area contributed by atoms with Gasteiger partial charge in [-0.3, -0.25) is 20.1 Å². The molecule has 0 saturated carbocycles. The summed E-state index contributed by atoms with van der Waals surface area (Å²) < 4.78 is 0. The highest BCUT2D eigenvalue weighted by atomic mass is 15.1. The van der Waals surface area contributed by atoms with Crippen molar-refractivity contribution in [2.24, 2.45) is 0 Å². The summed E-state index contributed by atoms with van der Waals surface area (Å²) in [6.45, 7) is 1.52. The van der Waals surface area contributed by atoms with Gasteiger partial charge in [0.2, 0.25) is 0 Å². The fraction of sp³-hybridized carbons (Fsp3) is 0.0645. The summed E-state index contributed by atoms with van der Waals surface area (Å²) in [5.41, 5.74) is 9.72. The van der Waals surface area contributed by atoms with Gasteiger partial charge in [0, 0.05) is 60.4 Å². The molecule has 3 N–H and O–H groups in total. The molecule has 7 aromatic rings. The molecule has 8 heteroatoms. The molecule has 39 heavy (non-hydrogen) atoms. The molecule has 0 aliphatic carbocycles. The second-order valence-electron chi connectivity index (χ2n) is 9.40. The second-order valence-corrected chi connectivity index (χ2v) is 9.40. The van der Waals surface area contributed by atoms with Crippen LogP contribution in [-0.2, 0) is 13.1 Å². The third-order valence-electron chi connectivity index (χ3n) is 6.82. The van der Waals surface area contributed by atoms with E-state index in [1.807, 2.05) is 49.1 Å². The summed E-state index contributed by atoms with van der Waals surface area (Å²) in [7, 11) is 0. The van der Waals surface area contributed by atoms with Gasteiger partial charge in [0.25, 0.3) is 0 Å². The Balaban J connectivity index is 1.20. The van der Waals surface area contributed by atoms with Crippen molar-refractivity contribution in [1.29, 1.82) is 0 Å². The third-order valence-corrected chi connectivity index (χ3v) is 6.82. The number of hydrogen-bond donors (Lipinski definition) is 3. The monoisotopic (exact) mass is 508 g/mol. The maximum absolute atomic E-state index is 4.69. The van der Waals surface area contributed by atoms with Crippen molar-refractivity contribution >= 4 is 21.9 Å². The summed E-state index contributed by atoms with van der Waals surface area (Å²) in [5.74, 6) is 0. The lowest BCUT2D eigenvalue weighted by Crippen LogP contribution is -2.12. The first-order valence-electron chi connectivity index (χ1n) is 12.7. The summed E-state index contributed by atoms with van der Waals surface area (Å²) in [5, 5.41) is 13.3. The minimum absolute atomic E-state index is 0.719. The van der Waals surface area contributed by atoms with Crippen LogP contribution < -0.4 is 5.32 Å². The van der Waals surface area contributed by atoms with Crippen LogP contribution in [0.4, 0.5) is 0 Å². The van der Waals surface area contributed by atoms with Crippen LogP contribution >= 0.6 is 0 Å². The van der Waals surface area contributed by atoms with Gasteiger partial charge >= 0.3 is 0 Å². The number of fused-ring (bicyclic) bond motifs is 2. The standard InChI is InChI=1S/C31H24N8/c1-2-4-20(5-3-1)15-33-16-21-12-23(18-34-17-21)27-14-26-29(19-36-27)38-39-30(26)28-13-25-24(8-11-35-31(25)37-28)22-6-9-32-10-7-22/h1-14,17-19,33H,15-16H2,(H,35,37)(H,38,39). The van der Waals surface area contributed by atoms with Crippen LogP contribution in [0.3, 0.4) is 0 Å². The Hall–Kier alpha value is -5.21. The molecule has 0 unspecified atom stereocenters. The topological polar surface area (TPSA) is 108 Å². The highest BCUT2D eigenvalue weighted by molar-refractivity contribution is 6.00. The number of rotatable bonds is 7. The van der Waals surface area contributed by atoms with Gasteiger partial charge in [-0.25, -0.2) is 4.98 Å². The van der Waals surface area contributed by atoms with Gasteiger partial charge in [0.05, 0.1) is 23.1 Å². The molecule has 0 fully saturated rings. The molecule has 0 saturated heterocycles. The zero-order chi connectivity index (χ0) is 26.0. The molecule has 1 aromatic carbocycles. The number of H-pyrrole nitrogens is 2. The van der Waals surface area contributed by atoms with E-state index in [1.165, 1.54) is 5.56 Å². The zero-order valence-corrected chi connectivity index (χ0v) is 21.0. The number of aromatic amines is 2. The Morgan fingerprint density at radius 3 is 2.46 bits per heavy atom. The first kappa shape index (κ1) is 22.9. The summed E-state index contributed by atoms with van der Waals surface area (Å²) in [4.78, 5) is 21.3.